The van der Waals surface area contributed by atoms with Crippen molar-refractivity contribution in [3.05, 3.63) is 23.8 Å². The summed E-state index contributed by atoms with van der Waals surface area (Å²) in [5.74, 6) is 1.12. The Kier molecular flexibility index (Phi) is 3.07. The second-order valence-corrected chi connectivity index (χ2v) is 4.34. The molecule has 4 heteroatoms. The van der Waals surface area contributed by atoms with Crippen molar-refractivity contribution in [2.45, 2.75) is 12.8 Å². The Labute approximate surface area is 100 Å². The summed E-state index contributed by atoms with van der Waals surface area (Å²) in [6.45, 7) is -0.0832. The van der Waals surface area contributed by atoms with Crippen molar-refractivity contribution in [1.29, 1.82) is 0 Å². The molecule has 1 fully saturated rings. The predicted molar refractivity (Wildman–Crippen MR) is 62.6 cm³/mol. The number of ether oxygens (including phenoxy) is 2. The van der Waals surface area contributed by atoms with Gasteiger partial charge in [0.1, 0.15) is 0 Å². The molecule has 1 aliphatic carbocycles. The molecule has 92 valence electrons. The number of Topliss-reactive ketones (excluding diaryl/α,β-unsaturated/α-hetero) is 1. The van der Waals surface area contributed by atoms with E-state index in [0.29, 0.717) is 17.1 Å². The van der Waals surface area contributed by atoms with Gasteiger partial charge in [-0.25, -0.2) is 0 Å². The highest BCUT2D eigenvalue weighted by Gasteiger charge is 2.49. The van der Waals surface area contributed by atoms with Crippen LogP contribution in [0.15, 0.2) is 18.2 Å². The largest absolute Gasteiger partial charge is 0.493 e. The minimum atomic E-state index is -0.542. The lowest BCUT2D eigenvalue weighted by atomic mass is 9.95. The third-order valence-electron chi connectivity index (χ3n) is 3.28. The van der Waals surface area contributed by atoms with Crippen LogP contribution in [-0.4, -0.2) is 31.7 Å². The number of methoxy groups -OCH3 is 2. The molecular formula is C13H16O4. The molecule has 0 amide bonds. The number of carbonyl (C=O) groups is 1. The summed E-state index contributed by atoms with van der Waals surface area (Å²) in [5, 5.41) is 9.24. The maximum Gasteiger partial charge on any atom is 0.171 e. The first-order valence-corrected chi connectivity index (χ1v) is 5.54. The Morgan fingerprint density at radius 1 is 1.29 bits per heavy atom. The Hall–Kier alpha value is -1.55. The number of aliphatic hydroxyl groups is 1. The van der Waals surface area contributed by atoms with Gasteiger partial charge in [-0.1, -0.05) is 0 Å². The molecule has 0 atom stereocenters. The van der Waals surface area contributed by atoms with Crippen molar-refractivity contribution < 1.29 is 19.4 Å². The van der Waals surface area contributed by atoms with Gasteiger partial charge in [0, 0.05) is 5.56 Å². The molecule has 0 heterocycles. The summed E-state index contributed by atoms with van der Waals surface area (Å²) < 4.78 is 10.3. The molecule has 17 heavy (non-hydrogen) atoms. The van der Waals surface area contributed by atoms with E-state index >= 15 is 0 Å². The Bertz CT molecular complexity index is 435. The van der Waals surface area contributed by atoms with E-state index in [2.05, 4.69) is 0 Å². The van der Waals surface area contributed by atoms with Gasteiger partial charge in [0.2, 0.25) is 0 Å². The van der Waals surface area contributed by atoms with Crippen LogP contribution in [0.3, 0.4) is 0 Å². The number of hydrogen-bond acceptors (Lipinski definition) is 4. The molecule has 0 spiro atoms. The van der Waals surface area contributed by atoms with Crippen LogP contribution in [0.25, 0.3) is 0 Å². The molecule has 1 aromatic carbocycles. The zero-order valence-corrected chi connectivity index (χ0v) is 10.0. The molecule has 0 unspecified atom stereocenters. The molecule has 0 saturated heterocycles. The molecule has 4 nitrogen and oxygen atoms in total. The second-order valence-electron chi connectivity index (χ2n) is 4.34. The van der Waals surface area contributed by atoms with Crippen LogP contribution >= 0.6 is 0 Å². The fourth-order valence-electron chi connectivity index (χ4n) is 1.89. The van der Waals surface area contributed by atoms with Crippen molar-refractivity contribution in [2.75, 3.05) is 20.8 Å². The number of aliphatic hydroxyl groups excluding tert-OH is 1. The summed E-state index contributed by atoms with van der Waals surface area (Å²) >= 11 is 0. The van der Waals surface area contributed by atoms with Crippen molar-refractivity contribution >= 4 is 5.78 Å². The number of rotatable bonds is 5. The van der Waals surface area contributed by atoms with E-state index < -0.39 is 5.41 Å². The standard InChI is InChI=1S/C13H16O4/c1-16-10-4-3-9(7-11(10)17-2)12(15)13(8-14)5-6-13/h3-4,7,14H,5-6,8H2,1-2H3. The van der Waals surface area contributed by atoms with E-state index in [9.17, 15) is 9.90 Å². The lowest BCUT2D eigenvalue weighted by molar-refractivity contribution is 0.0829. The van der Waals surface area contributed by atoms with Crippen molar-refractivity contribution in [1.82, 2.24) is 0 Å². The van der Waals surface area contributed by atoms with Gasteiger partial charge in [0.25, 0.3) is 0 Å². The summed E-state index contributed by atoms with van der Waals surface area (Å²) in [6, 6.07) is 5.08. The third kappa shape index (κ3) is 2.00. The van der Waals surface area contributed by atoms with Crippen molar-refractivity contribution in [3.63, 3.8) is 0 Å². The first-order chi connectivity index (χ1) is 8.16. The fourth-order valence-corrected chi connectivity index (χ4v) is 1.89. The van der Waals surface area contributed by atoms with E-state index in [1.165, 1.54) is 7.11 Å². The molecule has 2 rings (SSSR count). The quantitative estimate of drug-likeness (QED) is 0.790. The average molecular weight is 236 g/mol. The van der Waals surface area contributed by atoms with Gasteiger partial charge in [0.05, 0.1) is 26.2 Å². The van der Waals surface area contributed by atoms with Crippen LogP contribution in [0.1, 0.15) is 23.2 Å². The number of benzene rings is 1. The highest BCUT2D eigenvalue weighted by molar-refractivity contribution is 6.02. The summed E-state index contributed by atoms with van der Waals surface area (Å²) in [6.07, 6.45) is 1.52. The van der Waals surface area contributed by atoms with Gasteiger partial charge in [-0.15, -0.1) is 0 Å². The predicted octanol–water partition coefficient (Wildman–Crippen LogP) is 1.66. The molecule has 1 aliphatic rings. The Balaban J connectivity index is 2.31. The van der Waals surface area contributed by atoms with E-state index in [-0.39, 0.29) is 12.4 Å². The number of hydrogen-bond donors (Lipinski definition) is 1. The third-order valence-corrected chi connectivity index (χ3v) is 3.28. The molecule has 0 radical (unpaired) electrons. The van der Waals surface area contributed by atoms with Crippen LogP contribution in [-0.2, 0) is 0 Å². The second kappa shape index (κ2) is 4.37. The highest BCUT2D eigenvalue weighted by Crippen LogP contribution is 2.48. The zero-order chi connectivity index (χ0) is 12.5. The maximum absolute atomic E-state index is 12.2. The Morgan fingerprint density at radius 2 is 1.94 bits per heavy atom. The van der Waals surface area contributed by atoms with Crippen LogP contribution in [0, 0.1) is 5.41 Å². The molecule has 1 N–H and O–H groups in total. The van der Waals surface area contributed by atoms with Gasteiger partial charge in [0.15, 0.2) is 17.3 Å². The van der Waals surface area contributed by atoms with Crippen LogP contribution < -0.4 is 9.47 Å². The van der Waals surface area contributed by atoms with Crippen LogP contribution in [0.5, 0.6) is 11.5 Å². The normalized spacial score (nSPS) is 16.4. The number of ketones is 1. The molecule has 0 aromatic heterocycles. The first-order valence-electron chi connectivity index (χ1n) is 5.54. The molecule has 0 bridgehead atoms. The molecule has 1 aromatic rings. The molecular weight excluding hydrogens is 220 g/mol. The lowest BCUT2D eigenvalue weighted by Gasteiger charge is -2.13. The van der Waals surface area contributed by atoms with Crippen molar-refractivity contribution in [2.24, 2.45) is 5.41 Å². The highest BCUT2D eigenvalue weighted by atomic mass is 16.5. The van der Waals surface area contributed by atoms with Gasteiger partial charge < -0.3 is 14.6 Å². The lowest BCUT2D eigenvalue weighted by Crippen LogP contribution is -2.20. The topological polar surface area (TPSA) is 55.8 Å². The molecule has 0 aliphatic heterocycles. The van der Waals surface area contributed by atoms with E-state index in [0.717, 1.165) is 12.8 Å². The monoisotopic (exact) mass is 236 g/mol. The smallest absolute Gasteiger partial charge is 0.171 e. The van der Waals surface area contributed by atoms with Crippen LogP contribution in [0.2, 0.25) is 0 Å². The van der Waals surface area contributed by atoms with E-state index in [1.54, 1.807) is 25.3 Å². The minimum Gasteiger partial charge on any atom is -0.493 e. The minimum absolute atomic E-state index is 0.0130. The maximum atomic E-state index is 12.2. The SMILES string of the molecule is COc1ccc(C(=O)C2(CO)CC2)cc1OC. The molecule has 1 saturated carbocycles. The van der Waals surface area contributed by atoms with E-state index in [1.807, 2.05) is 0 Å². The summed E-state index contributed by atoms with van der Waals surface area (Å²) in [5.41, 5.74) is 0.0220. The van der Waals surface area contributed by atoms with Gasteiger partial charge in [-0.3, -0.25) is 4.79 Å². The fraction of sp³-hybridized carbons (Fsp3) is 0.462. The first kappa shape index (κ1) is 11.9. The van der Waals surface area contributed by atoms with Gasteiger partial charge >= 0.3 is 0 Å². The summed E-state index contributed by atoms with van der Waals surface area (Å²) in [4.78, 5) is 12.2. The van der Waals surface area contributed by atoms with Gasteiger partial charge in [-0.05, 0) is 31.0 Å². The number of carbonyl (C=O) groups excluding carboxylic acids is 1. The Morgan fingerprint density at radius 3 is 2.41 bits per heavy atom. The van der Waals surface area contributed by atoms with E-state index in [4.69, 9.17) is 9.47 Å². The summed E-state index contributed by atoms with van der Waals surface area (Å²) in [7, 11) is 3.08. The average Bonchev–Trinajstić information content (AvgIpc) is 3.18. The van der Waals surface area contributed by atoms with Crippen molar-refractivity contribution in [3.8, 4) is 11.5 Å². The zero-order valence-electron chi connectivity index (χ0n) is 10.0. The van der Waals surface area contributed by atoms with Gasteiger partial charge in [-0.2, -0.15) is 0 Å². The van der Waals surface area contributed by atoms with Crippen LogP contribution in [0.4, 0.5) is 0 Å².